The normalized spacial score (nSPS) is 31.6. The van der Waals surface area contributed by atoms with Gasteiger partial charge in [0, 0.05) is 17.9 Å². The molecule has 4 nitrogen and oxygen atoms in total. The molecule has 0 saturated carbocycles. The summed E-state index contributed by atoms with van der Waals surface area (Å²) in [5.74, 6) is -0.276. The van der Waals surface area contributed by atoms with Crippen molar-refractivity contribution in [1.29, 1.82) is 0 Å². The van der Waals surface area contributed by atoms with Crippen LogP contribution in [0.4, 0.5) is 0 Å². The lowest BCUT2D eigenvalue weighted by molar-refractivity contribution is -0.143. The summed E-state index contributed by atoms with van der Waals surface area (Å²) in [5.41, 5.74) is 1.74. The van der Waals surface area contributed by atoms with Gasteiger partial charge in [-0.3, -0.25) is 4.79 Å². The van der Waals surface area contributed by atoms with Crippen LogP contribution in [0.2, 0.25) is 0 Å². The highest BCUT2D eigenvalue weighted by Gasteiger charge is 2.31. The minimum atomic E-state index is -0.283. The summed E-state index contributed by atoms with van der Waals surface area (Å²) in [5, 5.41) is 0. The minimum Gasteiger partial charge on any atom is -0.462 e. The Bertz CT molecular complexity index is 435. The van der Waals surface area contributed by atoms with Gasteiger partial charge in [0.2, 0.25) is 0 Å². The Morgan fingerprint density at radius 1 is 1.47 bits per heavy atom. The van der Waals surface area contributed by atoms with E-state index in [1.807, 2.05) is 13.8 Å². The third kappa shape index (κ3) is 3.25. The summed E-state index contributed by atoms with van der Waals surface area (Å²) >= 11 is 0. The van der Waals surface area contributed by atoms with Crippen LogP contribution < -0.4 is 0 Å². The van der Waals surface area contributed by atoms with Gasteiger partial charge in [0.1, 0.15) is 6.10 Å². The Kier molecular flexibility index (Phi) is 4.08. The van der Waals surface area contributed by atoms with Crippen LogP contribution in [0, 0.1) is 11.8 Å². The smallest absolute Gasteiger partial charge is 0.333 e. The molecule has 0 radical (unpaired) electrons. The lowest BCUT2D eigenvalue weighted by Crippen LogP contribution is -2.07. The highest BCUT2D eigenvalue weighted by atomic mass is 16.6. The molecule has 2 saturated heterocycles. The van der Waals surface area contributed by atoms with Crippen LogP contribution in [0.1, 0.15) is 33.1 Å². The fraction of sp³-hybridized carbons (Fsp3) is 0.600. The van der Waals surface area contributed by atoms with Crippen molar-refractivity contribution in [1.82, 2.24) is 0 Å². The number of allylic oxidation sites excluding steroid dienone is 1. The van der Waals surface area contributed by atoms with Gasteiger partial charge in [-0.15, -0.1) is 0 Å². The van der Waals surface area contributed by atoms with Crippen LogP contribution in [0.5, 0.6) is 0 Å². The van der Waals surface area contributed by atoms with E-state index in [-0.39, 0.29) is 29.9 Å². The van der Waals surface area contributed by atoms with E-state index in [1.54, 1.807) is 0 Å². The van der Waals surface area contributed by atoms with Crippen LogP contribution in [-0.2, 0) is 19.1 Å². The molecule has 0 aromatic carbocycles. The zero-order valence-corrected chi connectivity index (χ0v) is 11.5. The standard InChI is InChI=1S/C15H20O4/c1-9(6-13-7-10(2)14(16)19-13)4-5-12-8-18-15(17)11(12)3/h4,10,12-13H,3,5-8H2,1-2H3/b9-4+/t10?,12-,13?/m0/s1. The average molecular weight is 264 g/mol. The van der Waals surface area contributed by atoms with E-state index in [1.165, 1.54) is 5.57 Å². The summed E-state index contributed by atoms with van der Waals surface area (Å²) < 4.78 is 10.2. The van der Waals surface area contributed by atoms with Gasteiger partial charge in [-0.05, 0) is 19.8 Å². The van der Waals surface area contributed by atoms with Crippen molar-refractivity contribution >= 4 is 11.9 Å². The molecule has 0 amide bonds. The molecule has 2 aliphatic heterocycles. The van der Waals surface area contributed by atoms with Gasteiger partial charge in [0.15, 0.2) is 0 Å². The Labute approximate surface area is 113 Å². The first-order chi connectivity index (χ1) is 8.97. The van der Waals surface area contributed by atoms with E-state index in [0.717, 1.165) is 19.3 Å². The van der Waals surface area contributed by atoms with Gasteiger partial charge in [-0.25, -0.2) is 4.79 Å². The third-order valence-corrected chi connectivity index (χ3v) is 3.77. The average Bonchev–Trinajstić information content (AvgIpc) is 2.82. The second-order valence-electron chi connectivity index (χ2n) is 5.51. The first kappa shape index (κ1) is 13.8. The SMILES string of the molecule is C=C1C(=O)OC[C@@H]1C/C=C(\C)CC1CC(C)C(=O)O1. The topological polar surface area (TPSA) is 52.6 Å². The number of hydrogen-bond acceptors (Lipinski definition) is 4. The second-order valence-corrected chi connectivity index (χ2v) is 5.51. The van der Waals surface area contributed by atoms with E-state index in [9.17, 15) is 9.59 Å². The molecule has 104 valence electrons. The fourth-order valence-electron chi connectivity index (χ4n) is 2.48. The second kappa shape index (κ2) is 5.59. The molecule has 2 rings (SSSR count). The summed E-state index contributed by atoms with van der Waals surface area (Å²) in [6.45, 7) is 8.09. The third-order valence-electron chi connectivity index (χ3n) is 3.77. The summed E-state index contributed by atoms with van der Waals surface area (Å²) in [6.07, 6.45) is 4.41. The van der Waals surface area contributed by atoms with Crippen LogP contribution in [0.15, 0.2) is 23.8 Å². The van der Waals surface area contributed by atoms with Crippen molar-refractivity contribution in [3.05, 3.63) is 23.8 Å². The minimum absolute atomic E-state index is 0.00316. The molecule has 0 spiro atoms. The van der Waals surface area contributed by atoms with Crippen LogP contribution in [0.25, 0.3) is 0 Å². The molecule has 2 fully saturated rings. The van der Waals surface area contributed by atoms with Gasteiger partial charge in [-0.2, -0.15) is 0 Å². The van der Waals surface area contributed by atoms with Gasteiger partial charge < -0.3 is 9.47 Å². The van der Waals surface area contributed by atoms with Gasteiger partial charge >= 0.3 is 11.9 Å². The maximum atomic E-state index is 11.3. The van der Waals surface area contributed by atoms with Gasteiger partial charge in [0.05, 0.1) is 12.5 Å². The zero-order valence-electron chi connectivity index (χ0n) is 11.5. The number of carbonyl (C=O) groups is 2. The maximum Gasteiger partial charge on any atom is 0.333 e. The predicted octanol–water partition coefficient (Wildman–Crippen LogP) is 2.39. The monoisotopic (exact) mass is 264 g/mol. The van der Waals surface area contributed by atoms with Gasteiger partial charge in [-0.1, -0.05) is 25.2 Å². The molecule has 0 aromatic rings. The van der Waals surface area contributed by atoms with Crippen molar-refractivity contribution in [3.63, 3.8) is 0 Å². The van der Waals surface area contributed by atoms with E-state index in [2.05, 4.69) is 12.7 Å². The number of carbonyl (C=O) groups excluding carboxylic acids is 2. The van der Waals surface area contributed by atoms with Gasteiger partial charge in [0.25, 0.3) is 0 Å². The lowest BCUT2D eigenvalue weighted by atomic mass is 9.96. The quantitative estimate of drug-likeness (QED) is 0.444. The van der Waals surface area contributed by atoms with Crippen molar-refractivity contribution in [3.8, 4) is 0 Å². The molecular weight excluding hydrogens is 244 g/mol. The molecule has 0 bridgehead atoms. The van der Waals surface area contributed by atoms with Crippen molar-refractivity contribution in [2.24, 2.45) is 11.8 Å². The van der Waals surface area contributed by atoms with E-state index >= 15 is 0 Å². The number of esters is 2. The van der Waals surface area contributed by atoms with E-state index in [0.29, 0.717) is 12.2 Å². The molecule has 2 aliphatic rings. The van der Waals surface area contributed by atoms with Crippen molar-refractivity contribution < 1.29 is 19.1 Å². The maximum absolute atomic E-state index is 11.3. The molecule has 19 heavy (non-hydrogen) atoms. The predicted molar refractivity (Wildman–Crippen MR) is 70.2 cm³/mol. The Morgan fingerprint density at radius 2 is 2.21 bits per heavy atom. The first-order valence-electron chi connectivity index (χ1n) is 6.69. The van der Waals surface area contributed by atoms with Crippen molar-refractivity contribution in [2.75, 3.05) is 6.61 Å². The first-order valence-corrected chi connectivity index (χ1v) is 6.69. The highest BCUT2D eigenvalue weighted by molar-refractivity contribution is 5.90. The fourth-order valence-corrected chi connectivity index (χ4v) is 2.48. The Hall–Kier alpha value is -1.58. The van der Waals surface area contributed by atoms with E-state index in [4.69, 9.17) is 9.47 Å². The molecule has 2 heterocycles. The van der Waals surface area contributed by atoms with E-state index < -0.39 is 0 Å². The number of cyclic esters (lactones) is 2. The zero-order chi connectivity index (χ0) is 14.0. The van der Waals surface area contributed by atoms with Crippen LogP contribution in [0.3, 0.4) is 0 Å². The summed E-state index contributed by atoms with van der Waals surface area (Å²) in [4.78, 5) is 22.5. The molecule has 3 atom stereocenters. The van der Waals surface area contributed by atoms with Crippen LogP contribution in [-0.4, -0.2) is 24.6 Å². The molecule has 0 aliphatic carbocycles. The number of hydrogen-bond donors (Lipinski definition) is 0. The Balaban J connectivity index is 1.82. The number of rotatable bonds is 4. The Morgan fingerprint density at radius 3 is 2.74 bits per heavy atom. The lowest BCUT2D eigenvalue weighted by Gasteiger charge is -2.10. The molecule has 0 aromatic heterocycles. The molecule has 2 unspecified atom stereocenters. The summed E-state index contributed by atoms with van der Waals surface area (Å²) in [7, 11) is 0. The highest BCUT2D eigenvalue weighted by Crippen LogP contribution is 2.27. The largest absolute Gasteiger partial charge is 0.462 e. The molecular formula is C15H20O4. The number of ether oxygens (including phenoxy) is 2. The molecule has 0 N–H and O–H groups in total. The summed E-state index contributed by atoms with van der Waals surface area (Å²) in [6, 6.07) is 0. The van der Waals surface area contributed by atoms with Crippen LogP contribution >= 0.6 is 0 Å². The van der Waals surface area contributed by atoms with Crippen molar-refractivity contribution in [2.45, 2.75) is 39.2 Å². The molecule has 4 heteroatoms.